The summed E-state index contributed by atoms with van der Waals surface area (Å²) in [5.41, 5.74) is 2.65. The fourth-order valence-corrected chi connectivity index (χ4v) is 1.46. The van der Waals surface area contributed by atoms with Gasteiger partial charge in [-0.05, 0) is 37.8 Å². The van der Waals surface area contributed by atoms with Crippen molar-refractivity contribution in [2.75, 3.05) is 0 Å². The number of rotatable bonds is 3. The molecule has 0 radical (unpaired) electrons. The third-order valence-electron chi connectivity index (χ3n) is 2.22. The van der Waals surface area contributed by atoms with Gasteiger partial charge in [0.15, 0.2) is 0 Å². The van der Waals surface area contributed by atoms with Crippen LogP contribution in [-0.2, 0) is 0 Å². The molecule has 0 heterocycles. The van der Waals surface area contributed by atoms with Crippen LogP contribution >= 0.6 is 0 Å². The monoisotopic (exact) mass is 186 g/mol. The van der Waals surface area contributed by atoms with Crippen LogP contribution < -0.4 is 0 Å². The molecule has 0 amide bonds. The highest BCUT2D eigenvalue weighted by molar-refractivity contribution is 5.47. The Morgan fingerprint density at radius 2 is 2.07 bits per heavy atom. The van der Waals surface area contributed by atoms with Gasteiger partial charge < -0.3 is 0 Å². The summed E-state index contributed by atoms with van der Waals surface area (Å²) in [7, 11) is 0. The van der Waals surface area contributed by atoms with Crippen LogP contribution in [0.1, 0.15) is 26.7 Å². The van der Waals surface area contributed by atoms with Gasteiger partial charge in [0.25, 0.3) is 0 Å². The molecule has 1 aliphatic rings. The fourth-order valence-electron chi connectivity index (χ4n) is 1.46. The fraction of sp³-hybridized carbons (Fsp3) is 0.286. The molecule has 1 aliphatic carbocycles. The van der Waals surface area contributed by atoms with Crippen molar-refractivity contribution < 1.29 is 0 Å². The van der Waals surface area contributed by atoms with E-state index in [-0.39, 0.29) is 0 Å². The van der Waals surface area contributed by atoms with Gasteiger partial charge in [-0.25, -0.2) is 0 Å². The van der Waals surface area contributed by atoms with Gasteiger partial charge in [-0.2, -0.15) is 0 Å². The lowest BCUT2D eigenvalue weighted by molar-refractivity contribution is 1.02. The molecule has 0 spiro atoms. The average molecular weight is 186 g/mol. The second-order valence-electron chi connectivity index (χ2n) is 3.27. The Kier molecular flexibility index (Phi) is 4.77. The van der Waals surface area contributed by atoms with Crippen molar-refractivity contribution in [3.05, 3.63) is 59.8 Å². The molecule has 1 rings (SSSR count). The standard InChI is InChI=1S/C14H18/c1-3-5-7-10-13(4-2)14-11-8-6-9-12-14/h3-5,7-8,10-12H,6,9H2,1-2H3/b5-3-,10-7-,13-4-. The molecule has 0 aromatic heterocycles. The van der Waals surface area contributed by atoms with Crippen LogP contribution in [-0.4, -0.2) is 0 Å². The quantitative estimate of drug-likeness (QED) is 0.575. The highest BCUT2D eigenvalue weighted by Crippen LogP contribution is 2.18. The molecule has 0 heteroatoms. The van der Waals surface area contributed by atoms with Crippen LogP contribution in [0.15, 0.2) is 59.8 Å². The van der Waals surface area contributed by atoms with Crippen LogP contribution in [0.4, 0.5) is 0 Å². The summed E-state index contributed by atoms with van der Waals surface area (Å²) in [4.78, 5) is 0. The summed E-state index contributed by atoms with van der Waals surface area (Å²) < 4.78 is 0. The first-order valence-electron chi connectivity index (χ1n) is 5.21. The molecule has 0 N–H and O–H groups in total. The summed E-state index contributed by atoms with van der Waals surface area (Å²) in [5, 5.41) is 0. The summed E-state index contributed by atoms with van der Waals surface area (Å²) in [6.07, 6.45) is 19.6. The summed E-state index contributed by atoms with van der Waals surface area (Å²) in [6.45, 7) is 4.11. The van der Waals surface area contributed by atoms with Crippen LogP contribution in [0.5, 0.6) is 0 Å². The van der Waals surface area contributed by atoms with Gasteiger partial charge in [-0.15, -0.1) is 0 Å². The Hall–Kier alpha value is -1.30. The number of hydrogen-bond acceptors (Lipinski definition) is 0. The highest BCUT2D eigenvalue weighted by atomic mass is 14.0. The smallest absolute Gasteiger partial charge is 0.0230 e. The zero-order chi connectivity index (χ0) is 10.2. The topological polar surface area (TPSA) is 0 Å². The zero-order valence-corrected chi connectivity index (χ0v) is 9.03. The van der Waals surface area contributed by atoms with E-state index in [0.717, 1.165) is 0 Å². The maximum Gasteiger partial charge on any atom is -0.0230 e. The lowest BCUT2D eigenvalue weighted by Crippen LogP contribution is -1.87. The molecule has 14 heavy (non-hydrogen) atoms. The Balaban J connectivity index is 2.72. The van der Waals surface area contributed by atoms with Crippen molar-refractivity contribution in [3.63, 3.8) is 0 Å². The molecular formula is C14H18. The van der Waals surface area contributed by atoms with Crippen molar-refractivity contribution in [2.24, 2.45) is 0 Å². The molecular weight excluding hydrogens is 168 g/mol. The Morgan fingerprint density at radius 1 is 1.21 bits per heavy atom. The number of allylic oxidation sites excluding steroid dienone is 10. The normalized spacial score (nSPS) is 18.1. The first-order chi connectivity index (χ1) is 6.88. The van der Waals surface area contributed by atoms with E-state index in [0.29, 0.717) is 0 Å². The molecule has 0 aromatic rings. The van der Waals surface area contributed by atoms with Crippen LogP contribution in [0.25, 0.3) is 0 Å². The maximum absolute atomic E-state index is 2.30. The minimum absolute atomic E-state index is 1.17. The van der Waals surface area contributed by atoms with Gasteiger partial charge in [-0.3, -0.25) is 0 Å². The van der Waals surface area contributed by atoms with Gasteiger partial charge >= 0.3 is 0 Å². The highest BCUT2D eigenvalue weighted by Gasteiger charge is 1.99. The van der Waals surface area contributed by atoms with E-state index in [4.69, 9.17) is 0 Å². The van der Waals surface area contributed by atoms with E-state index in [1.807, 2.05) is 13.0 Å². The second-order valence-corrected chi connectivity index (χ2v) is 3.27. The second kappa shape index (κ2) is 6.20. The summed E-state index contributed by atoms with van der Waals surface area (Å²) in [5.74, 6) is 0. The van der Waals surface area contributed by atoms with Crippen molar-refractivity contribution in [1.29, 1.82) is 0 Å². The first kappa shape index (κ1) is 10.8. The number of hydrogen-bond donors (Lipinski definition) is 0. The largest absolute Gasteiger partial charge is 0.0877 e. The minimum Gasteiger partial charge on any atom is -0.0877 e. The van der Waals surface area contributed by atoms with Gasteiger partial charge in [0, 0.05) is 0 Å². The van der Waals surface area contributed by atoms with Gasteiger partial charge in [0.05, 0.1) is 0 Å². The minimum atomic E-state index is 1.17. The molecule has 0 aliphatic heterocycles. The molecule has 0 atom stereocenters. The Labute approximate surface area is 87.0 Å². The van der Waals surface area contributed by atoms with Gasteiger partial charge in [0.1, 0.15) is 0 Å². The predicted octanol–water partition coefficient (Wildman–Crippen LogP) is 4.34. The van der Waals surface area contributed by atoms with E-state index in [2.05, 4.69) is 49.5 Å². The van der Waals surface area contributed by atoms with Gasteiger partial charge in [-0.1, -0.05) is 48.6 Å². The van der Waals surface area contributed by atoms with E-state index in [1.54, 1.807) is 0 Å². The summed E-state index contributed by atoms with van der Waals surface area (Å²) >= 11 is 0. The van der Waals surface area contributed by atoms with E-state index in [9.17, 15) is 0 Å². The lowest BCUT2D eigenvalue weighted by atomic mass is 9.99. The molecule has 0 aromatic carbocycles. The molecule has 0 fully saturated rings. The van der Waals surface area contributed by atoms with Crippen LogP contribution in [0, 0.1) is 0 Å². The Morgan fingerprint density at radius 3 is 2.64 bits per heavy atom. The Bertz CT molecular complexity index is 309. The van der Waals surface area contributed by atoms with E-state index >= 15 is 0 Å². The molecule has 0 unspecified atom stereocenters. The van der Waals surface area contributed by atoms with Crippen molar-refractivity contribution in [2.45, 2.75) is 26.7 Å². The molecule has 74 valence electrons. The average Bonchev–Trinajstić information content (AvgIpc) is 2.26. The third kappa shape index (κ3) is 3.21. The van der Waals surface area contributed by atoms with Crippen LogP contribution in [0.2, 0.25) is 0 Å². The molecule has 0 bridgehead atoms. The first-order valence-corrected chi connectivity index (χ1v) is 5.21. The lowest BCUT2D eigenvalue weighted by Gasteiger charge is -2.07. The summed E-state index contributed by atoms with van der Waals surface area (Å²) in [6, 6.07) is 0. The van der Waals surface area contributed by atoms with Crippen molar-refractivity contribution in [1.82, 2.24) is 0 Å². The van der Waals surface area contributed by atoms with Crippen molar-refractivity contribution >= 4 is 0 Å². The van der Waals surface area contributed by atoms with Gasteiger partial charge in [0.2, 0.25) is 0 Å². The molecule has 0 nitrogen and oxygen atoms in total. The molecule has 0 saturated heterocycles. The van der Waals surface area contributed by atoms with E-state index < -0.39 is 0 Å². The zero-order valence-electron chi connectivity index (χ0n) is 9.03. The molecule has 0 saturated carbocycles. The maximum atomic E-state index is 2.30. The predicted molar refractivity (Wildman–Crippen MR) is 64.2 cm³/mol. The SMILES string of the molecule is C\C=C/C=C\C(=C\C)C1=CCCC=C1. The van der Waals surface area contributed by atoms with E-state index in [1.165, 1.54) is 24.0 Å². The van der Waals surface area contributed by atoms with Crippen molar-refractivity contribution in [3.8, 4) is 0 Å². The third-order valence-corrected chi connectivity index (χ3v) is 2.22. The van der Waals surface area contributed by atoms with Crippen LogP contribution in [0.3, 0.4) is 0 Å².